The summed E-state index contributed by atoms with van der Waals surface area (Å²) >= 11 is 5.67. The number of nitrogens with zero attached hydrogens (tertiary/aromatic N) is 3. The van der Waals surface area contributed by atoms with Crippen LogP contribution in [0.4, 0.5) is 0 Å². The Kier molecular flexibility index (Phi) is 5.41. The van der Waals surface area contributed by atoms with Crippen LogP contribution < -0.4 is 5.32 Å². The number of aromatic nitrogens is 2. The molecular formula is C26H26N4OS. The third-order valence-electron chi connectivity index (χ3n) is 6.34. The van der Waals surface area contributed by atoms with E-state index in [2.05, 4.69) is 82.1 Å². The van der Waals surface area contributed by atoms with Crippen LogP contribution in [0.1, 0.15) is 34.7 Å². The maximum absolute atomic E-state index is 9.74. The molecule has 0 unspecified atom stereocenters. The molecule has 4 aromatic rings. The minimum atomic E-state index is -0.0864. The minimum absolute atomic E-state index is 0.0370. The van der Waals surface area contributed by atoms with Gasteiger partial charge in [-0.25, -0.2) is 0 Å². The summed E-state index contributed by atoms with van der Waals surface area (Å²) in [5, 5.41) is 16.3. The lowest BCUT2D eigenvalue weighted by atomic mass is 9.97. The quantitative estimate of drug-likeness (QED) is 0.442. The summed E-state index contributed by atoms with van der Waals surface area (Å²) in [5.74, 6) is 0. The molecule has 162 valence electrons. The molecule has 0 bridgehead atoms. The van der Waals surface area contributed by atoms with Crippen molar-refractivity contribution in [2.24, 2.45) is 0 Å². The Morgan fingerprint density at radius 3 is 2.59 bits per heavy atom. The Labute approximate surface area is 193 Å². The molecule has 32 heavy (non-hydrogen) atoms. The maximum Gasteiger partial charge on any atom is 0.170 e. The number of benzene rings is 2. The number of hydrogen-bond donors (Lipinski definition) is 2. The van der Waals surface area contributed by atoms with Crippen LogP contribution in [-0.4, -0.2) is 37.8 Å². The summed E-state index contributed by atoms with van der Waals surface area (Å²) in [4.78, 5) is 6.69. The molecule has 0 aliphatic carbocycles. The van der Waals surface area contributed by atoms with Crippen molar-refractivity contribution in [2.75, 3.05) is 13.2 Å². The Bertz CT molecular complexity index is 1280. The lowest BCUT2D eigenvalue weighted by molar-refractivity contribution is 0.223. The smallest absolute Gasteiger partial charge is 0.170 e. The summed E-state index contributed by atoms with van der Waals surface area (Å²) < 4.78 is 2.33. The van der Waals surface area contributed by atoms with E-state index in [9.17, 15) is 5.11 Å². The van der Waals surface area contributed by atoms with E-state index in [1.165, 1.54) is 27.7 Å². The number of aliphatic hydroxyl groups is 1. The zero-order valence-corrected chi connectivity index (χ0v) is 19.0. The third kappa shape index (κ3) is 3.36. The van der Waals surface area contributed by atoms with Crippen LogP contribution in [0.15, 0.2) is 72.9 Å². The van der Waals surface area contributed by atoms with Crippen molar-refractivity contribution in [3.8, 4) is 5.69 Å². The van der Waals surface area contributed by atoms with Crippen molar-refractivity contribution in [2.45, 2.75) is 25.9 Å². The summed E-state index contributed by atoms with van der Waals surface area (Å²) in [5.41, 5.74) is 5.62. The monoisotopic (exact) mass is 442 g/mol. The van der Waals surface area contributed by atoms with Crippen molar-refractivity contribution >= 4 is 28.1 Å². The normalized spacial score (nSPS) is 18.3. The SMILES string of the molecule is Cc1cc([C@@H]2[C@@H](c3ccccn3)NC(=S)N2CCO)c(C)n1-c1cccc2ccccc12. The van der Waals surface area contributed by atoms with Crippen LogP contribution in [0.25, 0.3) is 16.5 Å². The molecule has 1 saturated heterocycles. The van der Waals surface area contributed by atoms with Gasteiger partial charge in [0.05, 0.1) is 30.1 Å². The van der Waals surface area contributed by atoms with E-state index in [4.69, 9.17) is 12.2 Å². The summed E-state index contributed by atoms with van der Waals surface area (Å²) in [6, 6.07) is 23.0. The second kappa shape index (κ2) is 8.37. The van der Waals surface area contributed by atoms with Crippen molar-refractivity contribution < 1.29 is 5.11 Å². The van der Waals surface area contributed by atoms with Gasteiger partial charge in [-0.3, -0.25) is 4.98 Å². The number of aliphatic hydroxyl groups excluding tert-OH is 1. The van der Waals surface area contributed by atoms with Crippen LogP contribution in [0.5, 0.6) is 0 Å². The molecule has 0 amide bonds. The molecule has 1 aliphatic heterocycles. The second-order valence-electron chi connectivity index (χ2n) is 8.20. The Hall–Kier alpha value is -3.22. The van der Waals surface area contributed by atoms with Gasteiger partial charge in [0.1, 0.15) is 0 Å². The Morgan fingerprint density at radius 1 is 1.03 bits per heavy atom. The molecule has 1 fully saturated rings. The van der Waals surface area contributed by atoms with Crippen LogP contribution in [0, 0.1) is 13.8 Å². The van der Waals surface area contributed by atoms with Gasteiger partial charge in [-0.05, 0) is 61.3 Å². The van der Waals surface area contributed by atoms with E-state index in [0.29, 0.717) is 11.7 Å². The topological polar surface area (TPSA) is 53.3 Å². The van der Waals surface area contributed by atoms with Gasteiger partial charge in [0.2, 0.25) is 0 Å². The zero-order valence-electron chi connectivity index (χ0n) is 18.2. The highest BCUT2D eigenvalue weighted by Gasteiger charge is 2.41. The number of pyridine rings is 1. The molecule has 3 heterocycles. The van der Waals surface area contributed by atoms with Crippen molar-refractivity contribution in [3.63, 3.8) is 0 Å². The molecule has 0 spiro atoms. The van der Waals surface area contributed by atoms with E-state index in [0.717, 1.165) is 11.4 Å². The first-order valence-electron chi connectivity index (χ1n) is 10.9. The zero-order chi connectivity index (χ0) is 22.2. The number of aryl methyl sites for hydroxylation is 1. The molecule has 6 heteroatoms. The van der Waals surface area contributed by atoms with Crippen molar-refractivity contribution in [1.29, 1.82) is 0 Å². The van der Waals surface area contributed by atoms with E-state index in [1.54, 1.807) is 0 Å². The number of thiocarbonyl (C=S) groups is 1. The van der Waals surface area contributed by atoms with Gasteiger partial charge in [-0.2, -0.15) is 0 Å². The molecule has 1 aliphatic rings. The van der Waals surface area contributed by atoms with Crippen LogP contribution >= 0.6 is 12.2 Å². The molecule has 2 atom stereocenters. The number of β-amino-alcohol motifs (C(OH)–C–C–N with tert-alkyl or cyclic N) is 1. The van der Waals surface area contributed by atoms with E-state index < -0.39 is 0 Å². The van der Waals surface area contributed by atoms with E-state index >= 15 is 0 Å². The van der Waals surface area contributed by atoms with Crippen molar-refractivity contribution in [3.05, 3.63) is 95.6 Å². The number of fused-ring (bicyclic) bond motifs is 1. The highest BCUT2D eigenvalue weighted by molar-refractivity contribution is 7.80. The molecule has 2 N–H and O–H groups in total. The standard InChI is InChI=1S/C26H26N4OS/c1-17-16-21(18(2)30(17)23-12-7-9-19-8-3-4-10-20(19)23)25-24(22-11-5-6-13-27-22)28-26(32)29(25)14-15-31/h3-13,16,24-25,31H,14-15H2,1-2H3,(H,28,32)/t24-,25-/m1/s1. The highest BCUT2D eigenvalue weighted by atomic mass is 32.1. The fraction of sp³-hybridized carbons (Fsp3) is 0.231. The van der Waals surface area contributed by atoms with Crippen LogP contribution in [0.2, 0.25) is 0 Å². The van der Waals surface area contributed by atoms with Gasteiger partial charge >= 0.3 is 0 Å². The van der Waals surface area contributed by atoms with Gasteiger partial charge in [0.15, 0.2) is 5.11 Å². The van der Waals surface area contributed by atoms with E-state index in [1.807, 2.05) is 24.4 Å². The first-order chi connectivity index (χ1) is 15.6. The molecular weight excluding hydrogens is 416 g/mol. The molecule has 0 radical (unpaired) electrons. The summed E-state index contributed by atoms with van der Waals surface area (Å²) in [6.45, 7) is 4.82. The number of rotatable bonds is 5. The van der Waals surface area contributed by atoms with Gasteiger partial charge in [0, 0.05) is 29.5 Å². The second-order valence-corrected chi connectivity index (χ2v) is 8.59. The average molecular weight is 443 g/mol. The van der Waals surface area contributed by atoms with Gasteiger partial charge in [-0.1, -0.05) is 42.5 Å². The fourth-order valence-corrected chi connectivity index (χ4v) is 5.29. The first kappa shape index (κ1) is 20.7. The van der Waals surface area contributed by atoms with Crippen LogP contribution in [0.3, 0.4) is 0 Å². The molecule has 5 rings (SSSR count). The molecule has 2 aromatic heterocycles. The minimum Gasteiger partial charge on any atom is -0.395 e. The predicted molar refractivity (Wildman–Crippen MR) is 132 cm³/mol. The molecule has 2 aromatic carbocycles. The fourth-order valence-electron chi connectivity index (χ4n) is 4.95. The predicted octanol–water partition coefficient (Wildman–Crippen LogP) is 4.61. The maximum atomic E-state index is 9.74. The van der Waals surface area contributed by atoms with Gasteiger partial charge < -0.3 is 19.9 Å². The first-order valence-corrected chi connectivity index (χ1v) is 11.3. The van der Waals surface area contributed by atoms with Crippen LogP contribution in [-0.2, 0) is 0 Å². The average Bonchev–Trinajstić information content (AvgIpc) is 3.29. The summed E-state index contributed by atoms with van der Waals surface area (Å²) in [7, 11) is 0. The lowest BCUT2D eigenvalue weighted by Crippen LogP contribution is -2.32. The van der Waals surface area contributed by atoms with E-state index in [-0.39, 0.29) is 18.7 Å². The largest absolute Gasteiger partial charge is 0.395 e. The molecule has 5 nitrogen and oxygen atoms in total. The highest BCUT2D eigenvalue weighted by Crippen LogP contribution is 2.41. The van der Waals surface area contributed by atoms with Gasteiger partial charge in [0.25, 0.3) is 0 Å². The Morgan fingerprint density at radius 2 is 1.81 bits per heavy atom. The Balaban J connectivity index is 1.67. The number of nitrogens with one attached hydrogen (secondary N) is 1. The third-order valence-corrected chi connectivity index (χ3v) is 6.69. The van der Waals surface area contributed by atoms with Crippen molar-refractivity contribution in [1.82, 2.24) is 19.8 Å². The summed E-state index contributed by atoms with van der Waals surface area (Å²) in [6.07, 6.45) is 1.81. The van der Waals surface area contributed by atoms with Gasteiger partial charge in [-0.15, -0.1) is 0 Å². The molecule has 0 saturated carbocycles. The number of hydrogen-bond acceptors (Lipinski definition) is 3. The lowest BCUT2D eigenvalue weighted by Gasteiger charge is -2.27.